The van der Waals surface area contributed by atoms with Gasteiger partial charge in [0, 0.05) is 37.9 Å². The van der Waals surface area contributed by atoms with Gasteiger partial charge in [0.1, 0.15) is 5.82 Å². The number of aliphatic hydroxyl groups excluding tert-OH is 1. The molecule has 3 N–H and O–H groups in total. The van der Waals surface area contributed by atoms with Crippen molar-refractivity contribution in [3.8, 4) is 11.4 Å². The second kappa shape index (κ2) is 5.81. The number of anilines is 2. The highest BCUT2D eigenvalue weighted by atomic mass is 16.3. The topological polar surface area (TPSA) is 86.7 Å². The van der Waals surface area contributed by atoms with Crippen LogP contribution in [0.4, 0.5) is 11.6 Å². The highest BCUT2D eigenvalue weighted by Gasteiger charge is 2.25. The molecule has 6 nitrogen and oxygen atoms in total. The van der Waals surface area contributed by atoms with E-state index in [-0.39, 0.29) is 9.46 Å². The van der Waals surface area contributed by atoms with E-state index < -0.39 is 0 Å². The molecule has 1 saturated carbocycles. The Morgan fingerprint density at radius 3 is 2.83 bits per heavy atom. The van der Waals surface area contributed by atoms with E-state index in [1.54, 1.807) is 6.20 Å². The van der Waals surface area contributed by atoms with Crippen molar-refractivity contribution in [2.24, 2.45) is 0 Å². The van der Waals surface area contributed by atoms with Gasteiger partial charge >= 0.3 is 0 Å². The number of hydrogen-bond donors (Lipinski definition) is 3. The van der Waals surface area contributed by atoms with Crippen LogP contribution in [-0.2, 0) is 6.61 Å². The Bertz CT molecular complexity index is 821. The van der Waals surface area contributed by atoms with E-state index in [1.165, 1.54) is 12.8 Å². The highest BCUT2D eigenvalue weighted by molar-refractivity contribution is 5.62. The molecule has 23 heavy (non-hydrogen) atoms. The van der Waals surface area contributed by atoms with E-state index in [0.717, 1.165) is 11.3 Å². The van der Waals surface area contributed by atoms with Gasteiger partial charge in [-0.15, -0.1) is 0 Å². The third-order valence-electron chi connectivity index (χ3n) is 3.93. The van der Waals surface area contributed by atoms with Crippen molar-refractivity contribution in [1.82, 2.24) is 20.2 Å². The lowest BCUT2D eigenvalue weighted by Crippen LogP contribution is -2.02. The van der Waals surface area contributed by atoms with Crippen molar-refractivity contribution in [1.29, 1.82) is 0 Å². The van der Waals surface area contributed by atoms with Crippen LogP contribution in [0.5, 0.6) is 0 Å². The molecule has 0 aliphatic heterocycles. The fourth-order valence-electron chi connectivity index (χ4n) is 2.48. The number of aliphatic hydroxyl groups is 1. The number of hydrogen-bond acceptors (Lipinski definition) is 5. The predicted octanol–water partition coefficient (Wildman–Crippen LogP) is 3.47. The largest absolute Gasteiger partial charge is 0.391 e. The minimum absolute atomic E-state index is 0. The standard InChI is InChI=1S/C17H17N5O.2H2/c23-10-13-9-18-16(12-4-2-1-3-5-12)20-17(13)19-15-8-14(21-22-15)11-6-7-11;;/h1-5,8-9,11,23H,6-7,10H2,(H2,18,19,20,21,22);2*1H. The van der Waals surface area contributed by atoms with Crippen molar-refractivity contribution in [2.75, 3.05) is 5.32 Å². The zero-order chi connectivity index (χ0) is 15.6. The van der Waals surface area contributed by atoms with Crippen molar-refractivity contribution in [3.63, 3.8) is 0 Å². The number of rotatable bonds is 5. The summed E-state index contributed by atoms with van der Waals surface area (Å²) in [7, 11) is 0. The molecule has 4 rings (SSSR count). The summed E-state index contributed by atoms with van der Waals surface area (Å²) in [6, 6.07) is 11.8. The van der Waals surface area contributed by atoms with Gasteiger partial charge in [0.15, 0.2) is 11.6 Å². The van der Waals surface area contributed by atoms with Crippen LogP contribution in [0.3, 0.4) is 0 Å². The fraction of sp³-hybridized carbons (Fsp3) is 0.235. The van der Waals surface area contributed by atoms with Crippen molar-refractivity contribution in [3.05, 3.63) is 53.9 Å². The number of aromatic nitrogens is 4. The van der Waals surface area contributed by atoms with Crippen LogP contribution in [0.15, 0.2) is 42.6 Å². The van der Waals surface area contributed by atoms with Crippen molar-refractivity contribution in [2.45, 2.75) is 25.4 Å². The van der Waals surface area contributed by atoms with Gasteiger partial charge in [-0.3, -0.25) is 5.10 Å². The SMILES string of the molecule is OCc1cnc(-c2ccccc2)nc1Nc1cc(C2CC2)[nH]n1.[HH].[HH]. The van der Waals surface area contributed by atoms with E-state index >= 15 is 0 Å². The molecule has 0 bridgehead atoms. The zero-order valence-electron chi connectivity index (χ0n) is 12.5. The number of H-pyrrole nitrogens is 1. The minimum Gasteiger partial charge on any atom is -0.391 e. The molecule has 1 aliphatic rings. The monoisotopic (exact) mass is 311 g/mol. The van der Waals surface area contributed by atoms with Gasteiger partial charge in [-0.1, -0.05) is 30.3 Å². The normalized spacial score (nSPS) is 14.0. The molecule has 0 radical (unpaired) electrons. The summed E-state index contributed by atoms with van der Waals surface area (Å²) in [6.45, 7) is -0.128. The molecule has 1 aromatic carbocycles. The fourth-order valence-corrected chi connectivity index (χ4v) is 2.48. The van der Waals surface area contributed by atoms with Crippen LogP contribution in [0, 0.1) is 0 Å². The van der Waals surface area contributed by atoms with E-state index in [0.29, 0.717) is 28.9 Å². The van der Waals surface area contributed by atoms with Crippen LogP contribution in [0.2, 0.25) is 0 Å². The first-order chi connectivity index (χ1) is 11.3. The molecule has 3 aromatic rings. The number of aromatic amines is 1. The molecular weight excluding hydrogens is 290 g/mol. The second-order valence-corrected chi connectivity index (χ2v) is 5.70. The Balaban J connectivity index is 0.00000113. The van der Waals surface area contributed by atoms with E-state index in [9.17, 15) is 5.11 Å². The molecule has 0 amide bonds. The Hall–Kier alpha value is -2.73. The van der Waals surface area contributed by atoms with E-state index in [4.69, 9.17) is 0 Å². The molecule has 0 spiro atoms. The third kappa shape index (κ3) is 2.93. The van der Waals surface area contributed by atoms with Crippen LogP contribution >= 0.6 is 0 Å². The summed E-state index contributed by atoms with van der Waals surface area (Å²) >= 11 is 0. The summed E-state index contributed by atoms with van der Waals surface area (Å²) in [5.74, 6) is 2.51. The predicted molar refractivity (Wildman–Crippen MR) is 91.5 cm³/mol. The quantitative estimate of drug-likeness (QED) is 0.671. The number of benzene rings is 1. The van der Waals surface area contributed by atoms with Crippen LogP contribution < -0.4 is 5.32 Å². The van der Waals surface area contributed by atoms with Gasteiger partial charge < -0.3 is 10.4 Å². The smallest absolute Gasteiger partial charge is 0.161 e. The molecule has 2 heterocycles. The van der Waals surface area contributed by atoms with Crippen molar-refractivity contribution >= 4 is 11.6 Å². The summed E-state index contributed by atoms with van der Waals surface area (Å²) in [5, 5.41) is 20.0. The second-order valence-electron chi connectivity index (χ2n) is 5.70. The van der Waals surface area contributed by atoms with Gasteiger partial charge in [0.2, 0.25) is 0 Å². The van der Waals surface area contributed by atoms with Gasteiger partial charge in [-0.25, -0.2) is 9.97 Å². The van der Waals surface area contributed by atoms with Gasteiger partial charge in [-0.05, 0) is 12.8 Å². The van der Waals surface area contributed by atoms with Crippen LogP contribution in [-0.4, -0.2) is 25.3 Å². The summed E-state index contributed by atoms with van der Waals surface area (Å²) in [4.78, 5) is 8.87. The number of nitrogens with zero attached hydrogens (tertiary/aromatic N) is 3. The lowest BCUT2D eigenvalue weighted by atomic mass is 10.2. The molecular formula is C17H21N5O. The Labute approximate surface area is 136 Å². The molecule has 2 aromatic heterocycles. The molecule has 0 unspecified atom stereocenters. The highest BCUT2D eigenvalue weighted by Crippen LogP contribution is 2.39. The first-order valence-corrected chi connectivity index (χ1v) is 7.68. The maximum atomic E-state index is 9.51. The molecule has 0 saturated heterocycles. The maximum absolute atomic E-state index is 9.51. The summed E-state index contributed by atoms with van der Waals surface area (Å²) in [5.41, 5.74) is 2.72. The number of nitrogens with one attached hydrogen (secondary N) is 2. The Morgan fingerprint density at radius 2 is 2.09 bits per heavy atom. The summed E-state index contributed by atoms with van der Waals surface area (Å²) < 4.78 is 0. The lowest BCUT2D eigenvalue weighted by Gasteiger charge is -2.09. The van der Waals surface area contributed by atoms with Gasteiger partial charge in [0.25, 0.3) is 0 Å². The van der Waals surface area contributed by atoms with Gasteiger partial charge in [-0.2, -0.15) is 5.10 Å². The molecule has 1 aliphatic carbocycles. The summed E-state index contributed by atoms with van der Waals surface area (Å²) in [6.07, 6.45) is 4.08. The third-order valence-corrected chi connectivity index (χ3v) is 3.93. The Morgan fingerprint density at radius 1 is 1.26 bits per heavy atom. The minimum atomic E-state index is -0.128. The zero-order valence-corrected chi connectivity index (χ0v) is 12.5. The maximum Gasteiger partial charge on any atom is 0.161 e. The average molecular weight is 311 g/mol. The molecule has 0 atom stereocenters. The molecule has 6 heteroatoms. The lowest BCUT2D eigenvalue weighted by molar-refractivity contribution is 0.281. The first-order valence-electron chi connectivity index (χ1n) is 7.68. The average Bonchev–Trinajstić information content (AvgIpc) is 3.35. The Kier molecular flexibility index (Phi) is 3.51. The molecule has 1 fully saturated rings. The molecule has 120 valence electrons. The first kappa shape index (κ1) is 13.9. The van der Waals surface area contributed by atoms with E-state index in [2.05, 4.69) is 25.5 Å². The van der Waals surface area contributed by atoms with Crippen LogP contribution in [0.25, 0.3) is 11.4 Å². The van der Waals surface area contributed by atoms with E-state index in [1.807, 2.05) is 36.4 Å². The van der Waals surface area contributed by atoms with Crippen LogP contribution in [0.1, 0.15) is 32.9 Å². The van der Waals surface area contributed by atoms with Gasteiger partial charge in [0.05, 0.1) is 6.61 Å². The van der Waals surface area contributed by atoms with Crippen molar-refractivity contribution < 1.29 is 7.96 Å².